The van der Waals surface area contributed by atoms with E-state index in [1.807, 2.05) is 0 Å². The predicted molar refractivity (Wildman–Crippen MR) is 338 cm³/mol. The highest BCUT2D eigenvalue weighted by Crippen LogP contribution is 2.60. The average Bonchev–Trinajstić information content (AvgIpc) is 4.19. The summed E-state index contributed by atoms with van der Waals surface area (Å²) in [6, 6.07) is 102. The van der Waals surface area contributed by atoms with Gasteiger partial charge < -0.3 is 9.64 Å². The minimum atomic E-state index is -0.648. The molecule has 2 heteroatoms. The van der Waals surface area contributed by atoms with Gasteiger partial charge >= 0.3 is 0 Å². The first kappa shape index (κ1) is 51.5. The molecule has 0 saturated carbocycles. The SMILES string of the molecule is CCCCCCc1ccc(C2(c3ccc(OCc4ccc(C(C)CC)cc4)cc3)c3ccccc3-c3ccc(N(c4ccc(-c5ccccc5)cc4)c4ccc5c(c4)C(c4ccccc4)(c4ccccc4)c4ccccc4-5)cc32)cc1. The molecule has 0 N–H and O–H groups in total. The number of anilines is 3. The van der Waals surface area contributed by atoms with Crippen molar-refractivity contribution in [2.45, 2.75) is 82.7 Å². The molecule has 0 aromatic heterocycles. The molecule has 0 fully saturated rings. The largest absolute Gasteiger partial charge is 0.489 e. The minimum Gasteiger partial charge on any atom is -0.489 e. The number of ether oxygens (including phenoxy) is 1. The number of benzene rings is 11. The number of hydrogen-bond donors (Lipinski definition) is 0. The molecule has 2 atom stereocenters. The summed E-state index contributed by atoms with van der Waals surface area (Å²) in [6.45, 7) is 7.34. The van der Waals surface area contributed by atoms with E-state index in [4.69, 9.17) is 4.74 Å². The van der Waals surface area contributed by atoms with Crippen LogP contribution >= 0.6 is 0 Å². The highest BCUT2D eigenvalue weighted by molar-refractivity contribution is 5.92. The van der Waals surface area contributed by atoms with E-state index in [2.05, 4.69) is 299 Å². The topological polar surface area (TPSA) is 12.5 Å². The molecule has 2 nitrogen and oxygen atoms in total. The Kier molecular flexibility index (Phi) is 14.2. The van der Waals surface area contributed by atoms with Crippen LogP contribution in [0.3, 0.4) is 0 Å². The summed E-state index contributed by atoms with van der Waals surface area (Å²) in [5.74, 6) is 1.39. The Balaban J connectivity index is 0.994. The molecule has 0 amide bonds. The third-order valence-corrected chi connectivity index (χ3v) is 17.8. The van der Waals surface area contributed by atoms with Crippen LogP contribution in [0.4, 0.5) is 17.1 Å². The van der Waals surface area contributed by atoms with Crippen LogP contribution in [-0.4, -0.2) is 0 Å². The highest BCUT2D eigenvalue weighted by atomic mass is 16.5. The quantitative estimate of drug-likeness (QED) is 0.0794. The lowest BCUT2D eigenvalue weighted by Crippen LogP contribution is -2.29. The van der Waals surface area contributed by atoms with Gasteiger partial charge in [-0.2, -0.15) is 0 Å². The maximum absolute atomic E-state index is 6.59. The van der Waals surface area contributed by atoms with Crippen LogP contribution in [0.15, 0.2) is 273 Å². The third kappa shape index (κ3) is 9.18. The van der Waals surface area contributed by atoms with Gasteiger partial charge in [-0.25, -0.2) is 0 Å². The second kappa shape index (κ2) is 22.3. The van der Waals surface area contributed by atoms with Gasteiger partial charge in [-0.1, -0.05) is 264 Å². The Morgan fingerprint density at radius 3 is 1.35 bits per heavy atom. The second-order valence-corrected chi connectivity index (χ2v) is 22.4. The van der Waals surface area contributed by atoms with E-state index in [0.717, 1.165) is 35.7 Å². The van der Waals surface area contributed by atoms with Crippen LogP contribution in [0.5, 0.6) is 5.75 Å². The van der Waals surface area contributed by atoms with E-state index in [9.17, 15) is 0 Å². The summed E-state index contributed by atoms with van der Waals surface area (Å²) < 4.78 is 6.59. The molecule has 13 rings (SSSR count). The van der Waals surface area contributed by atoms with E-state index in [0.29, 0.717) is 12.5 Å². The van der Waals surface area contributed by atoms with E-state index in [-0.39, 0.29) is 0 Å². The summed E-state index contributed by atoms with van der Waals surface area (Å²) in [5, 5.41) is 0. The molecule has 11 aromatic carbocycles. The molecule has 2 aliphatic rings. The Bertz CT molecular complexity index is 3900. The number of nitrogens with zero attached hydrogens (tertiary/aromatic N) is 1. The summed E-state index contributed by atoms with van der Waals surface area (Å²) in [7, 11) is 0. The van der Waals surface area contributed by atoms with Crippen molar-refractivity contribution in [3.05, 3.63) is 334 Å². The van der Waals surface area contributed by atoms with Crippen LogP contribution in [0.1, 0.15) is 120 Å². The van der Waals surface area contributed by atoms with Crippen LogP contribution in [0, 0.1) is 0 Å². The van der Waals surface area contributed by atoms with E-state index < -0.39 is 10.8 Å². The smallest absolute Gasteiger partial charge is 0.119 e. The molecule has 0 radical (unpaired) electrons. The fourth-order valence-electron chi connectivity index (χ4n) is 13.5. The third-order valence-electron chi connectivity index (χ3n) is 17.8. The van der Waals surface area contributed by atoms with Gasteiger partial charge in [0.25, 0.3) is 0 Å². The Hall–Kier alpha value is -8.98. The van der Waals surface area contributed by atoms with Crippen molar-refractivity contribution in [1.29, 1.82) is 0 Å². The summed E-state index contributed by atoms with van der Waals surface area (Å²) in [5.41, 5.74) is 23.5. The van der Waals surface area contributed by atoms with Gasteiger partial charge in [0.15, 0.2) is 0 Å². The lowest BCUT2D eigenvalue weighted by atomic mass is 9.67. The van der Waals surface area contributed by atoms with Gasteiger partial charge in [-0.05, 0) is 168 Å². The monoisotopic (exact) mass is 1050 g/mol. The van der Waals surface area contributed by atoms with Gasteiger partial charge in [0, 0.05) is 17.1 Å². The lowest BCUT2D eigenvalue weighted by Gasteiger charge is -2.36. The van der Waals surface area contributed by atoms with Gasteiger partial charge in [-0.15, -0.1) is 0 Å². The number of rotatable bonds is 18. The van der Waals surface area contributed by atoms with Crippen molar-refractivity contribution in [3.8, 4) is 39.1 Å². The van der Waals surface area contributed by atoms with Gasteiger partial charge in [0.05, 0.1) is 10.8 Å². The summed E-state index contributed by atoms with van der Waals surface area (Å²) >= 11 is 0. The first-order chi connectivity index (χ1) is 40.0. The Morgan fingerprint density at radius 2 is 0.815 bits per heavy atom. The second-order valence-electron chi connectivity index (χ2n) is 22.4. The average molecular weight is 1050 g/mol. The minimum absolute atomic E-state index is 0.509. The van der Waals surface area contributed by atoms with Crippen molar-refractivity contribution in [3.63, 3.8) is 0 Å². The lowest BCUT2D eigenvalue weighted by molar-refractivity contribution is 0.306. The molecule has 0 bridgehead atoms. The van der Waals surface area contributed by atoms with E-state index >= 15 is 0 Å². The highest BCUT2D eigenvalue weighted by Gasteiger charge is 2.48. The Labute approximate surface area is 480 Å². The summed E-state index contributed by atoms with van der Waals surface area (Å²) in [4.78, 5) is 2.50. The molecule has 0 heterocycles. The molecule has 81 heavy (non-hydrogen) atoms. The van der Waals surface area contributed by atoms with Crippen molar-refractivity contribution in [2.24, 2.45) is 0 Å². The van der Waals surface area contributed by atoms with Crippen LogP contribution in [0.25, 0.3) is 33.4 Å². The van der Waals surface area contributed by atoms with E-state index in [1.165, 1.54) is 120 Å². The maximum atomic E-state index is 6.59. The zero-order valence-corrected chi connectivity index (χ0v) is 46.9. The molecule has 0 spiro atoms. The molecule has 396 valence electrons. The number of hydrogen-bond acceptors (Lipinski definition) is 2. The fraction of sp³-hybridized carbons (Fsp3) is 0.165. The summed E-state index contributed by atoms with van der Waals surface area (Å²) in [6.07, 6.45) is 7.17. The van der Waals surface area contributed by atoms with Crippen molar-refractivity contribution < 1.29 is 4.74 Å². The zero-order chi connectivity index (χ0) is 54.8. The van der Waals surface area contributed by atoms with Crippen LogP contribution in [0.2, 0.25) is 0 Å². The molecule has 0 saturated heterocycles. The molecule has 0 aliphatic heterocycles. The van der Waals surface area contributed by atoms with E-state index in [1.54, 1.807) is 0 Å². The first-order valence-corrected chi connectivity index (χ1v) is 29.5. The zero-order valence-electron chi connectivity index (χ0n) is 46.9. The number of unbranched alkanes of at least 4 members (excludes halogenated alkanes) is 3. The van der Waals surface area contributed by atoms with Crippen LogP contribution < -0.4 is 9.64 Å². The van der Waals surface area contributed by atoms with Crippen molar-refractivity contribution >= 4 is 17.1 Å². The molecule has 11 aromatic rings. The molecular weight excluding hydrogens is 979 g/mol. The molecule has 2 aliphatic carbocycles. The standard InChI is InChI=1S/C79H69NO/c1-4-6-7-11-22-57-35-41-64(42-36-57)79(65-43-49-69(50-44-65)81-55-58-33-37-59(38-34-58)56(3)5-2)75-32-21-19-30-71(75)73-52-48-68(54-77(73)79)80(66-45-39-61(40-46-66)60-23-12-8-13-24-60)67-47-51-72-70-29-18-20-31-74(70)78(76(72)53-67,62-25-14-9-15-26-62)63-27-16-10-17-28-63/h8-10,12-21,23-54,56H,4-7,11,22,55H2,1-3H3. The Morgan fingerprint density at radius 1 is 0.370 bits per heavy atom. The normalized spacial score (nSPS) is 14.8. The van der Waals surface area contributed by atoms with Gasteiger partial charge in [0.1, 0.15) is 12.4 Å². The fourth-order valence-corrected chi connectivity index (χ4v) is 13.5. The molecule has 2 unspecified atom stereocenters. The maximum Gasteiger partial charge on any atom is 0.119 e. The van der Waals surface area contributed by atoms with Gasteiger partial charge in [0.2, 0.25) is 0 Å². The van der Waals surface area contributed by atoms with Gasteiger partial charge in [-0.3, -0.25) is 0 Å². The molecular formula is C79H69NO. The first-order valence-electron chi connectivity index (χ1n) is 29.5. The van der Waals surface area contributed by atoms with Crippen molar-refractivity contribution in [2.75, 3.05) is 4.90 Å². The number of aryl methyl sites for hydroxylation is 1. The number of fused-ring (bicyclic) bond motifs is 6. The van der Waals surface area contributed by atoms with Crippen molar-refractivity contribution in [1.82, 2.24) is 0 Å². The predicted octanol–water partition coefficient (Wildman–Crippen LogP) is 20.8. The van der Waals surface area contributed by atoms with Crippen LogP contribution in [-0.2, 0) is 23.9 Å².